The van der Waals surface area contributed by atoms with Crippen LogP contribution in [0.1, 0.15) is 36.8 Å². The van der Waals surface area contributed by atoms with Gasteiger partial charge in [-0.25, -0.2) is 0 Å². The SMILES string of the molecule is O=C([O-])Cc1ccccc1Nc1c(Cl)cccc1Cl.O=C([O-])Cc1ccccc1Nc1c(Cl)cccc1Cl.OCC[NH+]1CCCC1.OCC[NH+]1CCCC1. The van der Waals surface area contributed by atoms with Crippen LogP contribution >= 0.6 is 46.4 Å². The van der Waals surface area contributed by atoms with Gasteiger partial charge in [-0.2, -0.15) is 0 Å². The van der Waals surface area contributed by atoms with Crippen molar-refractivity contribution in [3.8, 4) is 0 Å². The summed E-state index contributed by atoms with van der Waals surface area (Å²) in [7, 11) is 0. The van der Waals surface area contributed by atoms with Crippen LogP contribution < -0.4 is 30.6 Å². The van der Waals surface area contributed by atoms with Crippen LogP contribution in [0.5, 0.6) is 0 Å². The minimum atomic E-state index is -1.14. The van der Waals surface area contributed by atoms with E-state index in [4.69, 9.17) is 56.6 Å². The average Bonchev–Trinajstić information content (AvgIpc) is 3.86. The van der Waals surface area contributed by atoms with Crippen LogP contribution in [-0.2, 0) is 22.4 Å². The Morgan fingerprint density at radius 2 is 0.852 bits per heavy atom. The molecule has 14 heteroatoms. The molecule has 6 rings (SSSR count). The van der Waals surface area contributed by atoms with Gasteiger partial charge in [-0.3, -0.25) is 0 Å². The Morgan fingerprint density at radius 1 is 0.537 bits per heavy atom. The van der Waals surface area contributed by atoms with E-state index in [2.05, 4.69) is 10.6 Å². The third-order valence-corrected chi connectivity index (χ3v) is 9.96. The fourth-order valence-corrected chi connectivity index (χ4v) is 6.96. The van der Waals surface area contributed by atoms with Gasteiger partial charge < -0.3 is 50.4 Å². The number of para-hydroxylation sites is 4. The first-order valence-corrected chi connectivity index (χ1v) is 19.4. The van der Waals surface area contributed by atoms with Gasteiger partial charge in [0.05, 0.1) is 70.9 Å². The van der Waals surface area contributed by atoms with Crippen molar-refractivity contribution in [1.29, 1.82) is 0 Å². The summed E-state index contributed by atoms with van der Waals surface area (Å²) in [5, 5.41) is 46.4. The van der Waals surface area contributed by atoms with Gasteiger partial charge in [0.1, 0.15) is 13.1 Å². The Bertz CT molecular complexity index is 1590. The lowest BCUT2D eigenvalue weighted by Gasteiger charge is -2.14. The summed E-state index contributed by atoms with van der Waals surface area (Å²) in [6.45, 7) is 7.74. The summed E-state index contributed by atoms with van der Waals surface area (Å²) in [6.07, 6.45) is 5.08. The van der Waals surface area contributed by atoms with Crippen molar-refractivity contribution in [1.82, 2.24) is 0 Å². The molecule has 4 aromatic carbocycles. The number of hydrogen-bond acceptors (Lipinski definition) is 8. The Kier molecular flexibility index (Phi) is 20.5. The monoisotopic (exact) mass is 820 g/mol. The number of nitrogens with one attached hydrogen (secondary N) is 4. The highest BCUT2D eigenvalue weighted by Gasteiger charge is 2.14. The number of halogens is 4. The fraction of sp³-hybridized carbons (Fsp3) is 0.350. The van der Waals surface area contributed by atoms with E-state index in [0.717, 1.165) is 13.1 Å². The molecule has 54 heavy (non-hydrogen) atoms. The highest BCUT2D eigenvalue weighted by Crippen LogP contribution is 2.34. The number of carbonyl (C=O) groups excluding carboxylic acids is 2. The van der Waals surface area contributed by atoms with Gasteiger partial charge in [-0.05, 0) is 47.5 Å². The third kappa shape index (κ3) is 16.0. The Labute approximate surface area is 337 Å². The van der Waals surface area contributed by atoms with Crippen LogP contribution in [0.25, 0.3) is 0 Å². The van der Waals surface area contributed by atoms with Crippen LogP contribution in [0, 0.1) is 0 Å². The fourth-order valence-electron chi connectivity index (χ4n) is 5.97. The van der Waals surface area contributed by atoms with Crippen molar-refractivity contribution in [2.24, 2.45) is 0 Å². The van der Waals surface area contributed by atoms with Crippen LogP contribution in [0.2, 0.25) is 20.1 Å². The summed E-state index contributed by atoms with van der Waals surface area (Å²) in [5.41, 5.74) is 3.61. The summed E-state index contributed by atoms with van der Waals surface area (Å²) < 4.78 is 0. The number of carboxylic acid groups (broad SMARTS) is 2. The van der Waals surface area contributed by atoms with E-state index in [1.807, 2.05) is 0 Å². The van der Waals surface area contributed by atoms with Gasteiger partial charge in [0.15, 0.2) is 0 Å². The lowest BCUT2D eigenvalue weighted by atomic mass is 10.1. The predicted octanol–water partition coefficient (Wildman–Crippen LogP) is 3.37. The molecule has 0 radical (unpaired) electrons. The van der Waals surface area contributed by atoms with Gasteiger partial charge in [-0.1, -0.05) is 94.9 Å². The number of rotatable bonds is 12. The van der Waals surface area contributed by atoms with E-state index in [0.29, 0.717) is 67.2 Å². The molecule has 2 fully saturated rings. The number of carbonyl (C=O) groups is 2. The van der Waals surface area contributed by atoms with Crippen molar-refractivity contribution in [3.63, 3.8) is 0 Å². The van der Waals surface area contributed by atoms with Gasteiger partial charge in [0.2, 0.25) is 0 Å². The van der Waals surface area contributed by atoms with Gasteiger partial charge in [-0.15, -0.1) is 0 Å². The minimum Gasteiger partial charge on any atom is -0.550 e. The average molecular weight is 823 g/mol. The topological polar surface area (TPSA) is 154 Å². The Balaban J connectivity index is 0.000000209. The van der Waals surface area contributed by atoms with Crippen molar-refractivity contribution in [3.05, 3.63) is 116 Å². The maximum absolute atomic E-state index is 10.7. The zero-order valence-electron chi connectivity index (χ0n) is 30.0. The largest absolute Gasteiger partial charge is 0.550 e. The maximum atomic E-state index is 10.7. The second-order valence-corrected chi connectivity index (χ2v) is 14.3. The first-order chi connectivity index (χ1) is 26.0. The zero-order chi connectivity index (χ0) is 39.3. The molecule has 0 unspecified atom stereocenters. The second-order valence-electron chi connectivity index (χ2n) is 12.7. The number of carboxylic acids is 2. The molecule has 6 N–H and O–H groups in total. The second kappa shape index (κ2) is 24.8. The zero-order valence-corrected chi connectivity index (χ0v) is 33.0. The number of benzene rings is 4. The molecule has 0 amide bonds. The molecule has 10 nitrogen and oxygen atoms in total. The summed E-state index contributed by atoms with van der Waals surface area (Å²) in [4.78, 5) is 24.6. The van der Waals surface area contributed by atoms with Crippen molar-refractivity contribution < 1.29 is 39.8 Å². The van der Waals surface area contributed by atoms with Crippen molar-refractivity contribution >= 4 is 81.1 Å². The van der Waals surface area contributed by atoms with Crippen LogP contribution in [-0.4, -0.2) is 74.6 Å². The van der Waals surface area contributed by atoms with E-state index < -0.39 is 11.9 Å². The molecule has 2 aliphatic rings. The standard InChI is InChI=1S/2C14H11Cl2NO2.2C6H13NO/c2*15-10-5-3-6-11(16)14(10)17-12-7-2-1-4-9(12)8-13(18)19;2*8-6-5-7-3-1-2-4-7/h2*1-7,17H,8H2,(H,18,19);2*8H,1-6H2. The number of likely N-dealkylation sites (tertiary alicyclic amines) is 2. The number of quaternary nitrogens is 2. The molecule has 0 atom stereocenters. The molecule has 0 aliphatic carbocycles. The van der Waals surface area contributed by atoms with E-state index in [1.54, 1.807) is 94.7 Å². The molecule has 2 heterocycles. The smallest absolute Gasteiger partial charge is 0.101 e. The summed E-state index contributed by atoms with van der Waals surface area (Å²) in [6, 6.07) is 24.4. The molecular formula is C40H48Cl4N4O6. The molecule has 0 saturated carbocycles. The number of anilines is 4. The molecule has 292 valence electrons. The Morgan fingerprint density at radius 3 is 1.15 bits per heavy atom. The minimum absolute atomic E-state index is 0.175. The Hall–Kier alpha value is -3.58. The third-order valence-electron chi connectivity index (χ3n) is 8.70. The van der Waals surface area contributed by atoms with E-state index >= 15 is 0 Å². The van der Waals surface area contributed by atoms with Gasteiger partial charge >= 0.3 is 0 Å². The van der Waals surface area contributed by atoms with Gasteiger partial charge in [0.25, 0.3) is 0 Å². The van der Waals surface area contributed by atoms with E-state index in [1.165, 1.54) is 51.9 Å². The number of aliphatic hydroxyl groups is 2. The molecule has 2 aliphatic heterocycles. The number of hydrogen-bond donors (Lipinski definition) is 6. The van der Waals surface area contributed by atoms with Crippen LogP contribution in [0.15, 0.2) is 84.9 Å². The summed E-state index contributed by atoms with van der Waals surface area (Å²) >= 11 is 24.2. The van der Waals surface area contributed by atoms with Crippen LogP contribution in [0.3, 0.4) is 0 Å². The van der Waals surface area contributed by atoms with Crippen molar-refractivity contribution in [2.45, 2.75) is 38.5 Å². The highest BCUT2D eigenvalue weighted by atomic mass is 35.5. The number of aliphatic hydroxyl groups excluding tert-OH is 2. The molecule has 0 aromatic heterocycles. The molecular weight excluding hydrogens is 774 g/mol. The number of aliphatic carboxylic acids is 2. The highest BCUT2D eigenvalue weighted by molar-refractivity contribution is 6.39. The molecule has 0 bridgehead atoms. The lowest BCUT2D eigenvalue weighted by molar-refractivity contribution is -0.887. The van der Waals surface area contributed by atoms with Gasteiger partial charge in [0, 0.05) is 61.8 Å². The molecule has 2 saturated heterocycles. The lowest BCUT2D eigenvalue weighted by Crippen LogP contribution is -3.10. The first-order valence-electron chi connectivity index (χ1n) is 17.9. The quantitative estimate of drug-likeness (QED) is 0.127. The van der Waals surface area contributed by atoms with Crippen molar-refractivity contribution in [2.75, 3.05) is 63.1 Å². The molecule has 0 spiro atoms. The maximum Gasteiger partial charge on any atom is 0.101 e. The predicted molar refractivity (Wildman–Crippen MR) is 214 cm³/mol. The van der Waals surface area contributed by atoms with Crippen LogP contribution in [0.4, 0.5) is 22.7 Å². The van der Waals surface area contributed by atoms with E-state index in [9.17, 15) is 19.8 Å². The first kappa shape index (κ1) is 44.8. The molecule has 4 aromatic rings. The normalized spacial score (nSPS) is 13.7. The van der Waals surface area contributed by atoms with E-state index in [-0.39, 0.29) is 12.8 Å². The summed E-state index contributed by atoms with van der Waals surface area (Å²) in [5.74, 6) is -2.28.